The number of likely N-dealkylation sites (tertiary alicyclic amines) is 1. The molecular weight excluding hydrogens is 750 g/mol. The summed E-state index contributed by atoms with van der Waals surface area (Å²) in [6.07, 6.45) is 0.659. The topological polar surface area (TPSA) is 145 Å². The summed E-state index contributed by atoms with van der Waals surface area (Å²) in [7, 11) is 0. The molecule has 11 nitrogen and oxygen atoms in total. The number of benzene rings is 3. The molecule has 316 valence electrons. The second-order valence-electron chi connectivity index (χ2n) is 15.6. The van der Waals surface area contributed by atoms with Gasteiger partial charge in [-0.05, 0) is 81.3 Å². The van der Waals surface area contributed by atoms with E-state index in [4.69, 9.17) is 5.73 Å². The number of amides is 5. The van der Waals surface area contributed by atoms with Crippen LogP contribution in [-0.4, -0.2) is 108 Å². The molecule has 5 rings (SSSR count). The van der Waals surface area contributed by atoms with E-state index in [0.29, 0.717) is 71.8 Å². The Morgan fingerprint density at radius 3 is 2.12 bits per heavy atom. The van der Waals surface area contributed by atoms with Gasteiger partial charge in [-0.1, -0.05) is 79.2 Å². The number of rotatable bonds is 13. The van der Waals surface area contributed by atoms with E-state index in [1.54, 1.807) is 9.80 Å². The summed E-state index contributed by atoms with van der Waals surface area (Å²) in [5.74, 6) is -1.89. The van der Waals surface area contributed by atoms with Crippen molar-refractivity contribution in [2.45, 2.75) is 103 Å². The van der Waals surface area contributed by atoms with E-state index in [9.17, 15) is 37.1 Å². The lowest BCUT2D eigenvalue weighted by Gasteiger charge is -2.45. The third-order valence-electron chi connectivity index (χ3n) is 10.9. The molecule has 2 saturated heterocycles. The highest BCUT2D eigenvalue weighted by molar-refractivity contribution is 5.90. The smallest absolute Gasteiger partial charge is 0.356 e. The van der Waals surface area contributed by atoms with E-state index in [1.165, 1.54) is 0 Å². The van der Waals surface area contributed by atoms with Crippen molar-refractivity contribution in [2.75, 3.05) is 39.3 Å². The number of alkyl halides is 3. The quantitative estimate of drug-likeness (QED) is 0.180. The number of carbonyl (C=O) groups excluding carboxylic acids is 5. The summed E-state index contributed by atoms with van der Waals surface area (Å²) in [6, 6.07) is 22.7. The predicted molar refractivity (Wildman–Crippen MR) is 219 cm³/mol. The van der Waals surface area contributed by atoms with E-state index in [-0.39, 0.29) is 42.4 Å². The number of carbonyl (C=O) groups is 5. The Hall–Kier alpha value is -4.98. The molecule has 58 heavy (non-hydrogen) atoms. The van der Waals surface area contributed by atoms with Crippen LogP contribution in [0.2, 0.25) is 0 Å². The predicted octanol–water partition coefficient (Wildman–Crippen LogP) is 6.03. The van der Waals surface area contributed by atoms with Crippen molar-refractivity contribution >= 4 is 40.3 Å². The molecule has 0 saturated carbocycles. The molecule has 2 aliphatic heterocycles. The highest BCUT2D eigenvalue weighted by atomic mass is 19.4. The first-order valence-electron chi connectivity index (χ1n) is 20.3. The van der Waals surface area contributed by atoms with Crippen molar-refractivity contribution in [3.63, 3.8) is 0 Å². The van der Waals surface area contributed by atoms with Gasteiger partial charge in [-0.25, -0.2) is 4.79 Å². The maximum Gasteiger partial charge on any atom is 0.449 e. The van der Waals surface area contributed by atoms with E-state index in [2.05, 4.69) is 22.8 Å². The minimum atomic E-state index is -4.64. The van der Waals surface area contributed by atoms with Gasteiger partial charge in [0, 0.05) is 64.6 Å². The summed E-state index contributed by atoms with van der Waals surface area (Å²) in [5.41, 5.74) is 6.84. The molecule has 5 amide bonds. The van der Waals surface area contributed by atoms with Crippen LogP contribution in [0, 0.1) is 5.41 Å². The molecule has 0 bridgehead atoms. The van der Waals surface area contributed by atoms with E-state index < -0.39 is 23.4 Å². The van der Waals surface area contributed by atoms with Crippen LogP contribution in [0.5, 0.6) is 0 Å². The number of nitrogens with two attached hydrogens (primary N) is 1. The maximum atomic E-state index is 14.6. The average molecular weight is 809 g/mol. The molecule has 3 aromatic rings. The molecule has 2 heterocycles. The number of piperazine rings is 1. The molecule has 4 N–H and O–H groups in total. The number of Topliss-reactive ketones (excluding diaryl/α,β-unsaturated/α-hetero) is 1. The maximum absolute atomic E-state index is 14.6. The Morgan fingerprint density at radius 2 is 1.50 bits per heavy atom. The number of urea groups is 1. The molecule has 2 aliphatic rings. The zero-order valence-corrected chi connectivity index (χ0v) is 34.2. The summed E-state index contributed by atoms with van der Waals surface area (Å²) in [4.78, 5) is 70.3. The van der Waals surface area contributed by atoms with Crippen molar-refractivity contribution in [3.8, 4) is 0 Å². The van der Waals surface area contributed by atoms with Crippen LogP contribution in [-0.2, 0) is 32.0 Å². The number of hydrogen-bond acceptors (Lipinski definition) is 6. The lowest BCUT2D eigenvalue weighted by Crippen LogP contribution is -2.63. The number of fused-ring (bicyclic) bond motifs is 1. The zero-order chi connectivity index (χ0) is 42.5. The average Bonchev–Trinajstić information content (AvgIpc) is 3.19. The van der Waals surface area contributed by atoms with E-state index in [1.807, 2.05) is 86.3 Å². The fourth-order valence-corrected chi connectivity index (χ4v) is 8.03. The zero-order valence-electron chi connectivity index (χ0n) is 34.2. The number of piperidine rings is 1. The summed E-state index contributed by atoms with van der Waals surface area (Å²) in [5, 5.41) is 8.34. The molecule has 3 aromatic carbocycles. The van der Waals surface area contributed by atoms with Crippen LogP contribution in [0.25, 0.3) is 10.8 Å². The molecule has 2 fully saturated rings. The lowest BCUT2D eigenvalue weighted by atomic mass is 9.74. The van der Waals surface area contributed by atoms with Gasteiger partial charge in [-0.2, -0.15) is 13.2 Å². The van der Waals surface area contributed by atoms with Crippen LogP contribution in [0.3, 0.4) is 0 Å². The normalized spacial score (nSPS) is 20.1. The van der Waals surface area contributed by atoms with E-state index in [0.717, 1.165) is 41.2 Å². The number of hydrogen-bond donors (Lipinski definition) is 3. The van der Waals surface area contributed by atoms with Crippen LogP contribution in [0.4, 0.5) is 18.0 Å². The van der Waals surface area contributed by atoms with Crippen LogP contribution < -0.4 is 16.4 Å². The van der Waals surface area contributed by atoms with Gasteiger partial charge >= 0.3 is 12.2 Å². The summed E-state index contributed by atoms with van der Waals surface area (Å²) < 4.78 is 32.5. The highest BCUT2D eigenvalue weighted by Crippen LogP contribution is 2.35. The van der Waals surface area contributed by atoms with Gasteiger partial charge in [0.05, 0.1) is 5.41 Å². The van der Waals surface area contributed by atoms with Crippen molar-refractivity contribution in [3.05, 3.63) is 83.9 Å². The van der Waals surface area contributed by atoms with Gasteiger partial charge < -0.3 is 31.1 Å². The monoisotopic (exact) mass is 808 g/mol. The fraction of sp³-hybridized carbons (Fsp3) is 0.523. The molecule has 4 atom stereocenters. The Labute approximate surface area is 339 Å². The number of ketones is 1. The highest BCUT2D eigenvalue weighted by Gasteiger charge is 2.45. The lowest BCUT2D eigenvalue weighted by molar-refractivity contribution is -0.168. The number of nitrogens with one attached hydrogen (secondary N) is 2. The third-order valence-corrected chi connectivity index (χ3v) is 10.9. The minimum absolute atomic E-state index is 0.0451. The SMILES string of the molecule is CC(=O)C(F)(F)F.CCNC(=O)C1(Cc2ccccc2)CCCN(C(=O)C(Cc2ccc3ccccc3c2)NC(=O)N2CC(C)N(C(=O)CCCCCN)C(C)C2)C1. The molecule has 14 heteroatoms. The molecule has 4 unspecified atom stereocenters. The van der Waals surface area contributed by atoms with Gasteiger partial charge in [0.25, 0.3) is 0 Å². The van der Waals surface area contributed by atoms with Crippen LogP contribution >= 0.6 is 0 Å². The van der Waals surface area contributed by atoms with Crippen molar-refractivity contribution in [2.24, 2.45) is 11.1 Å². The van der Waals surface area contributed by atoms with Gasteiger partial charge in [-0.15, -0.1) is 0 Å². The fourth-order valence-electron chi connectivity index (χ4n) is 8.03. The minimum Gasteiger partial charge on any atom is -0.356 e. The second-order valence-corrected chi connectivity index (χ2v) is 15.6. The number of unbranched alkanes of at least 4 members (excludes halogenated alkanes) is 2. The van der Waals surface area contributed by atoms with Crippen molar-refractivity contribution in [1.82, 2.24) is 25.3 Å². The van der Waals surface area contributed by atoms with Crippen molar-refractivity contribution < 1.29 is 37.1 Å². The van der Waals surface area contributed by atoms with E-state index >= 15 is 0 Å². The Bertz CT molecular complexity index is 1850. The number of halogens is 3. The molecular formula is C44H59F3N6O5. The first kappa shape index (κ1) is 45.7. The molecule has 0 aromatic heterocycles. The molecule has 0 radical (unpaired) electrons. The van der Waals surface area contributed by atoms with Crippen LogP contribution in [0.15, 0.2) is 72.8 Å². The molecule has 0 spiro atoms. The van der Waals surface area contributed by atoms with Gasteiger partial charge in [0.1, 0.15) is 6.04 Å². The Morgan fingerprint density at radius 1 is 0.862 bits per heavy atom. The Kier molecular flexibility index (Phi) is 16.7. The first-order chi connectivity index (χ1) is 27.6. The summed E-state index contributed by atoms with van der Waals surface area (Å²) in [6.45, 7) is 9.03. The van der Waals surface area contributed by atoms with Gasteiger partial charge in [-0.3, -0.25) is 19.2 Å². The van der Waals surface area contributed by atoms with Gasteiger partial charge in [0.15, 0.2) is 0 Å². The first-order valence-corrected chi connectivity index (χ1v) is 20.3. The standard InChI is InChI=1S/C41H56N6O4.C3H3F3O/c1-4-43-39(50)41(26-32-14-7-5-8-15-32)21-13-23-45(29-41)38(49)36(25-33-19-20-34-16-10-11-17-35(34)24-33)44-40(51)46-27-30(2)47(31(3)28-46)37(48)18-9-6-12-22-42;1-2(7)3(4,5)6/h5,7-8,10-11,14-17,19-20,24,30-31,36H,4,6,9,12-13,18,21-23,25-29,42H2,1-3H3,(H,43,50)(H,44,51);1H3. The molecule has 0 aliphatic carbocycles. The Balaban J connectivity index is 0.000000973. The van der Waals surface area contributed by atoms with Gasteiger partial charge in [0.2, 0.25) is 23.5 Å². The summed E-state index contributed by atoms with van der Waals surface area (Å²) >= 11 is 0. The van der Waals surface area contributed by atoms with Crippen LogP contribution in [0.1, 0.15) is 77.3 Å². The third kappa shape index (κ3) is 12.5. The largest absolute Gasteiger partial charge is 0.449 e. The number of nitrogens with zero attached hydrogens (tertiary/aromatic N) is 3. The van der Waals surface area contributed by atoms with Crippen molar-refractivity contribution in [1.29, 1.82) is 0 Å². The second kappa shape index (κ2) is 21.1.